The molecule has 0 saturated heterocycles. The number of hydrogen-bond acceptors (Lipinski definition) is 6. The maximum Gasteiger partial charge on any atom is 0.330 e. The Morgan fingerprint density at radius 3 is 2.62 bits per heavy atom. The van der Waals surface area contributed by atoms with Crippen LogP contribution in [0.4, 0.5) is 5.82 Å². The van der Waals surface area contributed by atoms with Crippen molar-refractivity contribution in [2.75, 3.05) is 12.0 Å². The molecule has 1 aromatic heterocycles. The minimum absolute atomic E-state index is 0.0545. The highest BCUT2D eigenvalue weighted by Gasteiger charge is 2.39. The molecule has 0 radical (unpaired) electrons. The number of amides is 2. The van der Waals surface area contributed by atoms with Crippen LogP contribution in [0.5, 0.6) is 0 Å². The van der Waals surface area contributed by atoms with Gasteiger partial charge in [-0.1, -0.05) is 44.5 Å². The van der Waals surface area contributed by atoms with Gasteiger partial charge >= 0.3 is 5.97 Å². The molecule has 0 bridgehead atoms. The SMILES string of the molecule is CC[C@H](C)[C@H](N=CC1C(=O)N(c2ccccn2)C(=O)c2ccccc21)C(=O)OC. The van der Waals surface area contributed by atoms with Crippen molar-refractivity contribution in [1.82, 2.24) is 4.98 Å². The summed E-state index contributed by atoms with van der Waals surface area (Å²) in [5.74, 6) is -1.95. The molecular formula is C22H23N3O4. The second-order valence-electron chi connectivity index (χ2n) is 6.88. The van der Waals surface area contributed by atoms with Crippen LogP contribution in [0.15, 0.2) is 53.7 Å². The molecule has 29 heavy (non-hydrogen) atoms. The standard InChI is InChI=1S/C22H23N3O4/c1-4-14(2)19(22(28)29-3)24-13-17-15-9-5-6-10-16(15)20(26)25(21(17)27)18-11-7-8-12-23-18/h5-14,17,19H,4H2,1-3H3/t14-,17?,19-/m0/s1. The molecule has 0 N–H and O–H groups in total. The van der Waals surface area contributed by atoms with Crippen LogP contribution in [0.2, 0.25) is 0 Å². The average molecular weight is 393 g/mol. The van der Waals surface area contributed by atoms with E-state index in [4.69, 9.17) is 4.74 Å². The average Bonchev–Trinajstić information content (AvgIpc) is 2.76. The van der Waals surface area contributed by atoms with Crippen LogP contribution < -0.4 is 4.90 Å². The van der Waals surface area contributed by atoms with Gasteiger partial charge in [-0.2, -0.15) is 0 Å². The fourth-order valence-electron chi connectivity index (χ4n) is 3.27. The Morgan fingerprint density at radius 2 is 1.97 bits per heavy atom. The van der Waals surface area contributed by atoms with Gasteiger partial charge in [0.05, 0.1) is 13.0 Å². The smallest absolute Gasteiger partial charge is 0.330 e. The Bertz CT molecular complexity index is 942. The highest BCUT2D eigenvalue weighted by Crippen LogP contribution is 2.31. The summed E-state index contributed by atoms with van der Waals surface area (Å²) in [5, 5.41) is 0. The summed E-state index contributed by atoms with van der Waals surface area (Å²) in [6, 6.07) is 11.2. The first-order chi connectivity index (χ1) is 14.0. The second kappa shape index (κ2) is 8.77. The molecule has 150 valence electrons. The molecule has 1 aliphatic rings. The predicted molar refractivity (Wildman–Crippen MR) is 109 cm³/mol. The van der Waals surface area contributed by atoms with Gasteiger partial charge < -0.3 is 4.74 Å². The molecule has 3 rings (SSSR count). The number of aromatic nitrogens is 1. The van der Waals surface area contributed by atoms with Gasteiger partial charge in [0.15, 0.2) is 0 Å². The lowest BCUT2D eigenvalue weighted by Gasteiger charge is -2.30. The Morgan fingerprint density at radius 1 is 1.24 bits per heavy atom. The van der Waals surface area contributed by atoms with E-state index in [0.29, 0.717) is 11.1 Å². The molecule has 0 aliphatic carbocycles. The lowest BCUT2D eigenvalue weighted by atomic mass is 9.89. The molecule has 1 unspecified atom stereocenters. The van der Waals surface area contributed by atoms with E-state index < -0.39 is 29.7 Å². The monoisotopic (exact) mass is 393 g/mol. The molecule has 3 atom stereocenters. The third-order valence-electron chi connectivity index (χ3n) is 5.12. The number of ether oxygens (including phenoxy) is 1. The first-order valence-electron chi connectivity index (χ1n) is 9.49. The second-order valence-corrected chi connectivity index (χ2v) is 6.88. The van der Waals surface area contributed by atoms with Crippen LogP contribution in [0.1, 0.15) is 42.1 Å². The summed E-state index contributed by atoms with van der Waals surface area (Å²) in [6.07, 6.45) is 3.71. The first-order valence-corrected chi connectivity index (χ1v) is 9.49. The quantitative estimate of drug-likeness (QED) is 0.428. The molecule has 7 heteroatoms. The predicted octanol–water partition coefficient (Wildman–Crippen LogP) is 3.01. The van der Waals surface area contributed by atoms with Crippen LogP contribution in [0, 0.1) is 5.92 Å². The summed E-state index contributed by atoms with van der Waals surface area (Å²) < 4.78 is 4.87. The van der Waals surface area contributed by atoms with Crippen LogP contribution in [0.25, 0.3) is 0 Å². The lowest BCUT2D eigenvalue weighted by Crippen LogP contribution is -2.46. The van der Waals surface area contributed by atoms with Crippen molar-refractivity contribution in [2.24, 2.45) is 10.9 Å². The van der Waals surface area contributed by atoms with E-state index in [1.165, 1.54) is 19.5 Å². The van der Waals surface area contributed by atoms with Gasteiger partial charge in [0.1, 0.15) is 11.9 Å². The molecule has 2 heterocycles. The number of carbonyl (C=O) groups is 3. The summed E-state index contributed by atoms with van der Waals surface area (Å²) in [6.45, 7) is 3.86. The van der Waals surface area contributed by atoms with Crippen molar-refractivity contribution < 1.29 is 19.1 Å². The fraction of sp³-hybridized carbons (Fsp3) is 0.318. The number of methoxy groups -OCH3 is 1. The van der Waals surface area contributed by atoms with Gasteiger partial charge in [0, 0.05) is 18.0 Å². The fourth-order valence-corrected chi connectivity index (χ4v) is 3.27. The molecule has 0 saturated carbocycles. The number of carbonyl (C=O) groups excluding carboxylic acids is 3. The van der Waals surface area contributed by atoms with Gasteiger partial charge in [-0.05, 0) is 29.7 Å². The van der Waals surface area contributed by atoms with Crippen LogP contribution in [-0.2, 0) is 14.3 Å². The molecular weight excluding hydrogens is 370 g/mol. The zero-order valence-corrected chi connectivity index (χ0v) is 16.6. The lowest BCUT2D eigenvalue weighted by molar-refractivity contribution is -0.143. The van der Waals surface area contributed by atoms with E-state index in [-0.39, 0.29) is 11.7 Å². The van der Waals surface area contributed by atoms with Crippen LogP contribution >= 0.6 is 0 Å². The third kappa shape index (κ3) is 3.94. The Hall–Kier alpha value is -3.35. The molecule has 1 aromatic carbocycles. The molecule has 7 nitrogen and oxygen atoms in total. The van der Waals surface area contributed by atoms with Crippen molar-refractivity contribution >= 4 is 29.8 Å². The summed E-state index contributed by atoms with van der Waals surface area (Å²) >= 11 is 0. The molecule has 0 spiro atoms. The van der Waals surface area contributed by atoms with Crippen molar-refractivity contribution in [3.8, 4) is 0 Å². The Balaban J connectivity index is 2.04. The van der Waals surface area contributed by atoms with Crippen molar-refractivity contribution in [3.63, 3.8) is 0 Å². The number of pyridine rings is 1. The van der Waals surface area contributed by atoms with Gasteiger partial charge in [0.2, 0.25) is 5.91 Å². The number of aliphatic imine (C=N–C) groups is 1. The van der Waals surface area contributed by atoms with E-state index in [1.54, 1.807) is 42.5 Å². The van der Waals surface area contributed by atoms with Gasteiger partial charge in [-0.15, -0.1) is 0 Å². The zero-order chi connectivity index (χ0) is 21.0. The third-order valence-corrected chi connectivity index (χ3v) is 5.12. The highest BCUT2D eigenvalue weighted by atomic mass is 16.5. The van der Waals surface area contributed by atoms with E-state index in [0.717, 1.165) is 11.3 Å². The number of hydrogen-bond donors (Lipinski definition) is 0. The van der Waals surface area contributed by atoms with Crippen LogP contribution in [0.3, 0.4) is 0 Å². The van der Waals surface area contributed by atoms with E-state index in [1.807, 2.05) is 13.8 Å². The number of fused-ring (bicyclic) bond motifs is 1. The largest absolute Gasteiger partial charge is 0.467 e. The van der Waals surface area contributed by atoms with E-state index in [2.05, 4.69) is 9.98 Å². The number of imide groups is 1. The van der Waals surface area contributed by atoms with Crippen molar-refractivity contribution in [3.05, 3.63) is 59.8 Å². The van der Waals surface area contributed by atoms with Crippen molar-refractivity contribution in [2.45, 2.75) is 32.2 Å². The minimum Gasteiger partial charge on any atom is -0.467 e. The van der Waals surface area contributed by atoms with E-state index in [9.17, 15) is 14.4 Å². The molecule has 2 aromatic rings. The molecule has 2 amide bonds. The Labute approximate surface area is 169 Å². The Kier molecular flexibility index (Phi) is 6.16. The minimum atomic E-state index is -0.804. The topological polar surface area (TPSA) is 88.9 Å². The van der Waals surface area contributed by atoms with Crippen LogP contribution in [-0.4, -0.2) is 42.1 Å². The van der Waals surface area contributed by atoms with E-state index >= 15 is 0 Å². The number of anilines is 1. The van der Waals surface area contributed by atoms with Gasteiger partial charge in [-0.25, -0.2) is 14.7 Å². The zero-order valence-electron chi connectivity index (χ0n) is 16.6. The first kappa shape index (κ1) is 20.4. The number of esters is 1. The normalized spacial score (nSPS) is 18.4. The summed E-state index contributed by atoms with van der Waals surface area (Å²) in [5.41, 5.74) is 0.971. The maximum absolute atomic E-state index is 13.2. The number of rotatable bonds is 6. The summed E-state index contributed by atoms with van der Waals surface area (Å²) in [4.78, 5) is 48.0. The van der Waals surface area contributed by atoms with Crippen molar-refractivity contribution in [1.29, 1.82) is 0 Å². The number of nitrogens with zero attached hydrogens (tertiary/aromatic N) is 3. The maximum atomic E-state index is 13.2. The van der Waals surface area contributed by atoms with Gasteiger partial charge in [0.25, 0.3) is 5.91 Å². The molecule has 1 aliphatic heterocycles. The summed E-state index contributed by atoms with van der Waals surface area (Å²) in [7, 11) is 1.32. The van der Waals surface area contributed by atoms with Gasteiger partial charge in [-0.3, -0.25) is 14.6 Å². The molecule has 0 fully saturated rings. The number of benzene rings is 1. The highest BCUT2D eigenvalue weighted by molar-refractivity contribution is 6.29.